The molecule has 6 heteroatoms. The average Bonchev–Trinajstić information content (AvgIpc) is 2.96. The Morgan fingerprint density at radius 1 is 1.25 bits per heavy atom. The van der Waals surface area contributed by atoms with E-state index in [1.807, 2.05) is 0 Å². The van der Waals surface area contributed by atoms with Gasteiger partial charge in [-0.05, 0) is 18.2 Å². The maximum Gasteiger partial charge on any atom is 0.336 e. The summed E-state index contributed by atoms with van der Waals surface area (Å²) in [4.78, 5) is 22.3. The summed E-state index contributed by atoms with van der Waals surface area (Å²) < 4.78 is 4.74. The van der Waals surface area contributed by atoms with E-state index in [1.165, 1.54) is 18.2 Å². The summed E-state index contributed by atoms with van der Waals surface area (Å²) in [6.45, 7) is 0. The van der Waals surface area contributed by atoms with Gasteiger partial charge >= 0.3 is 5.97 Å². The molecule has 2 unspecified atom stereocenters. The molecule has 0 radical (unpaired) electrons. The third-order valence-corrected chi connectivity index (χ3v) is 2.74. The molecule has 0 spiro atoms. The van der Waals surface area contributed by atoms with Gasteiger partial charge in [0.2, 0.25) is 0 Å². The number of Topliss-reactive ketones (excluding diaryl/α,β-unsaturated/α-hetero) is 1. The number of carboxylic acid groups (broad SMARTS) is 1. The smallest absolute Gasteiger partial charge is 0.336 e. The van der Waals surface area contributed by atoms with Crippen molar-refractivity contribution >= 4 is 35.0 Å². The summed E-state index contributed by atoms with van der Waals surface area (Å²) in [5.41, 5.74) is 0.222. The van der Waals surface area contributed by atoms with Crippen LogP contribution in [-0.2, 0) is 9.53 Å². The summed E-state index contributed by atoms with van der Waals surface area (Å²) in [7, 11) is 0. The molecule has 1 aromatic carbocycles. The molecule has 2 atom stereocenters. The van der Waals surface area contributed by atoms with Crippen molar-refractivity contribution in [2.45, 2.75) is 12.2 Å². The van der Waals surface area contributed by atoms with E-state index in [2.05, 4.69) is 0 Å². The van der Waals surface area contributed by atoms with Crippen molar-refractivity contribution in [1.29, 1.82) is 0 Å². The largest absolute Gasteiger partial charge is 0.479 e. The van der Waals surface area contributed by atoms with E-state index in [-0.39, 0.29) is 10.6 Å². The quantitative estimate of drug-likeness (QED) is 0.667. The van der Waals surface area contributed by atoms with E-state index in [0.717, 1.165) is 0 Å². The fourth-order valence-electron chi connectivity index (χ4n) is 1.34. The third kappa shape index (κ3) is 2.04. The van der Waals surface area contributed by atoms with Gasteiger partial charge in [0.15, 0.2) is 18.0 Å². The summed E-state index contributed by atoms with van der Waals surface area (Å²) in [5, 5.41) is 9.20. The molecular weight excluding hydrogens is 255 g/mol. The number of ether oxygens (including phenoxy) is 1. The number of aliphatic carboxylic acids is 1. The molecular formula is C10H6Cl2O4. The Labute approximate surface area is 101 Å². The molecule has 1 saturated heterocycles. The van der Waals surface area contributed by atoms with Crippen molar-refractivity contribution < 1.29 is 19.4 Å². The molecule has 0 saturated carbocycles. The maximum absolute atomic E-state index is 11.7. The van der Waals surface area contributed by atoms with E-state index in [9.17, 15) is 9.59 Å². The van der Waals surface area contributed by atoms with E-state index in [0.29, 0.717) is 5.02 Å². The molecule has 1 heterocycles. The highest BCUT2D eigenvalue weighted by atomic mass is 35.5. The van der Waals surface area contributed by atoms with Gasteiger partial charge in [-0.15, -0.1) is 0 Å². The number of carbonyl (C=O) groups is 2. The van der Waals surface area contributed by atoms with E-state index >= 15 is 0 Å². The normalized spacial score (nSPS) is 22.9. The molecule has 1 aliphatic heterocycles. The first-order valence-electron chi connectivity index (χ1n) is 4.38. The number of carbonyl (C=O) groups excluding carboxylic acids is 1. The highest BCUT2D eigenvalue weighted by Crippen LogP contribution is 2.30. The SMILES string of the molecule is O=C(O)C1OC1C(=O)c1ccc(Cl)cc1Cl. The van der Waals surface area contributed by atoms with Crippen molar-refractivity contribution in [1.82, 2.24) is 0 Å². The zero-order valence-electron chi connectivity index (χ0n) is 7.81. The van der Waals surface area contributed by atoms with Crippen molar-refractivity contribution in [3.8, 4) is 0 Å². The Kier molecular flexibility index (Phi) is 2.88. The molecule has 84 valence electrons. The van der Waals surface area contributed by atoms with Crippen LogP contribution in [0.4, 0.5) is 0 Å². The molecule has 1 N–H and O–H groups in total. The van der Waals surface area contributed by atoms with Gasteiger partial charge in [-0.2, -0.15) is 0 Å². The van der Waals surface area contributed by atoms with Crippen LogP contribution in [0, 0.1) is 0 Å². The van der Waals surface area contributed by atoms with Gasteiger partial charge in [0.25, 0.3) is 0 Å². The molecule has 1 aromatic rings. The summed E-state index contributed by atoms with van der Waals surface area (Å²) >= 11 is 11.5. The van der Waals surface area contributed by atoms with E-state index in [1.54, 1.807) is 0 Å². The Hall–Kier alpha value is -1.10. The monoisotopic (exact) mass is 260 g/mol. The van der Waals surface area contributed by atoms with Crippen molar-refractivity contribution in [2.75, 3.05) is 0 Å². The molecule has 1 aliphatic rings. The molecule has 0 amide bonds. The predicted molar refractivity (Wildman–Crippen MR) is 57.1 cm³/mol. The number of carboxylic acids is 1. The number of epoxide rings is 1. The average molecular weight is 261 g/mol. The fourth-order valence-corrected chi connectivity index (χ4v) is 1.84. The first-order valence-corrected chi connectivity index (χ1v) is 5.14. The van der Waals surface area contributed by atoms with E-state index < -0.39 is 24.0 Å². The van der Waals surface area contributed by atoms with E-state index in [4.69, 9.17) is 33.0 Å². The summed E-state index contributed by atoms with van der Waals surface area (Å²) in [6, 6.07) is 4.39. The summed E-state index contributed by atoms with van der Waals surface area (Å²) in [6.07, 6.45) is -1.99. The number of halogens is 2. The molecule has 2 rings (SSSR count). The second-order valence-corrected chi connectivity index (χ2v) is 4.15. The van der Waals surface area contributed by atoms with Gasteiger partial charge in [0.1, 0.15) is 0 Å². The zero-order valence-corrected chi connectivity index (χ0v) is 9.33. The second kappa shape index (κ2) is 4.05. The topological polar surface area (TPSA) is 66.9 Å². The minimum atomic E-state index is -1.15. The zero-order chi connectivity index (χ0) is 11.9. The second-order valence-electron chi connectivity index (χ2n) is 3.30. The first kappa shape index (κ1) is 11.4. The summed E-state index contributed by atoms with van der Waals surface area (Å²) in [5.74, 6) is -1.59. The minimum Gasteiger partial charge on any atom is -0.479 e. The van der Waals surface area contributed by atoms with Crippen LogP contribution in [0.25, 0.3) is 0 Å². The Bertz CT molecular complexity index is 472. The molecule has 0 aliphatic carbocycles. The lowest BCUT2D eigenvalue weighted by atomic mass is 10.1. The highest BCUT2D eigenvalue weighted by molar-refractivity contribution is 6.37. The van der Waals surface area contributed by atoms with Crippen LogP contribution in [0.5, 0.6) is 0 Å². The van der Waals surface area contributed by atoms with Gasteiger partial charge in [0, 0.05) is 10.6 Å². The van der Waals surface area contributed by atoms with Gasteiger partial charge in [-0.3, -0.25) is 4.79 Å². The fraction of sp³-hybridized carbons (Fsp3) is 0.200. The lowest BCUT2D eigenvalue weighted by molar-refractivity contribution is -0.138. The molecule has 4 nitrogen and oxygen atoms in total. The molecule has 16 heavy (non-hydrogen) atoms. The lowest BCUT2D eigenvalue weighted by Crippen LogP contribution is -2.16. The minimum absolute atomic E-state index is 0.192. The Balaban J connectivity index is 2.20. The highest BCUT2D eigenvalue weighted by Gasteiger charge is 2.50. The number of hydrogen-bond acceptors (Lipinski definition) is 3. The number of benzene rings is 1. The van der Waals surface area contributed by atoms with Crippen LogP contribution in [0.15, 0.2) is 18.2 Å². The molecule has 1 fully saturated rings. The van der Waals surface area contributed by atoms with Crippen molar-refractivity contribution in [3.05, 3.63) is 33.8 Å². The Morgan fingerprint density at radius 2 is 1.94 bits per heavy atom. The van der Waals surface area contributed by atoms with Gasteiger partial charge in [0.05, 0.1) is 5.02 Å². The first-order chi connectivity index (χ1) is 7.50. The molecule has 0 bridgehead atoms. The van der Waals surface area contributed by atoms with Crippen LogP contribution in [-0.4, -0.2) is 29.1 Å². The van der Waals surface area contributed by atoms with Gasteiger partial charge < -0.3 is 9.84 Å². The van der Waals surface area contributed by atoms with Crippen molar-refractivity contribution in [2.24, 2.45) is 0 Å². The van der Waals surface area contributed by atoms with Crippen LogP contribution >= 0.6 is 23.2 Å². The third-order valence-electron chi connectivity index (χ3n) is 2.19. The van der Waals surface area contributed by atoms with Crippen molar-refractivity contribution in [3.63, 3.8) is 0 Å². The standard InChI is InChI=1S/C10H6Cl2O4/c11-4-1-2-5(6(12)3-4)7(13)8-9(16-8)10(14)15/h1-3,8-9H,(H,14,15). The number of rotatable bonds is 3. The van der Waals surface area contributed by atoms with Gasteiger partial charge in [-0.25, -0.2) is 4.79 Å². The lowest BCUT2D eigenvalue weighted by Gasteiger charge is -2.00. The van der Waals surface area contributed by atoms with Crippen LogP contribution < -0.4 is 0 Å². The van der Waals surface area contributed by atoms with Crippen LogP contribution in [0.3, 0.4) is 0 Å². The maximum atomic E-state index is 11.7. The van der Waals surface area contributed by atoms with Crippen LogP contribution in [0.1, 0.15) is 10.4 Å². The van der Waals surface area contributed by atoms with Gasteiger partial charge in [-0.1, -0.05) is 23.2 Å². The molecule has 0 aromatic heterocycles. The predicted octanol–water partition coefficient (Wildman–Crippen LogP) is 2.03. The number of hydrogen-bond donors (Lipinski definition) is 1. The Morgan fingerprint density at radius 3 is 2.44 bits per heavy atom. The number of ketones is 1. The van der Waals surface area contributed by atoms with Crippen LogP contribution in [0.2, 0.25) is 10.0 Å².